The summed E-state index contributed by atoms with van der Waals surface area (Å²) in [5.74, 6) is 0. The molecule has 0 amide bonds. The molecule has 2 aromatic heterocycles. The SMILES string of the molecule is Clc1ccc(C(Br)c2ccoc2Br)s1. The van der Waals surface area contributed by atoms with Gasteiger partial charge in [0.25, 0.3) is 0 Å². The molecule has 0 spiro atoms. The van der Waals surface area contributed by atoms with Gasteiger partial charge in [-0.2, -0.15) is 0 Å². The van der Waals surface area contributed by atoms with Gasteiger partial charge in [0.1, 0.15) is 0 Å². The summed E-state index contributed by atoms with van der Waals surface area (Å²) >= 11 is 14.4. The average molecular weight is 356 g/mol. The van der Waals surface area contributed by atoms with Crippen LogP contribution in [0, 0.1) is 0 Å². The minimum atomic E-state index is 0.133. The van der Waals surface area contributed by atoms with Crippen molar-refractivity contribution in [3.8, 4) is 0 Å². The van der Waals surface area contributed by atoms with E-state index >= 15 is 0 Å². The summed E-state index contributed by atoms with van der Waals surface area (Å²) in [5, 5.41) is 0. The highest BCUT2D eigenvalue weighted by Crippen LogP contribution is 2.39. The van der Waals surface area contributed by atoms with E-state index in [4.69, 9.17) is 16.0 Å². The van der Waals surface area contributed by atoms with Crippen LogP contribution >= 0.6 is 54.8 Å². The summed E-state index contributed by atoms with van der Waals surface area (Å²) in [5.41, 5.74) is 1.07. The maximum Gasteiger partial charge on any atom is 0.173 e. The van der Waals surface area contributed by atoms with E-state index in [9.17, 15) is 0 Å². The largest absolute Gasteiger partial charge is 0.457 e. The predicted molar refractivity (Wildman–Crippen MR) is 66.5 cm³/mol. The van der Waals surface area contributed by atoms with Gasteiger partial charge < -0.3 is 4.42 Å². The summed E-state index contributed by atoms with van der Waals surface area (Å²) < 4.78 is 6.72. The molecule has 0 aliphatic carbocycles. The van der Waals surface area contributed by atoms with Crippen molar-refractivity contribution in [2.24, 2.45) is 0 Å². The number of halogens is 3. The lowest BCUT2D eigenvalue weighted by Gasteiger charge is -2.04. The fraction of sp³-hybridized carbons (Fsp3) is 0.111. The molecule has 1 unspecified atom stereocenters. The number of thiophene rings is 1. The van der Waals surface area contributed by atoms with Crippen LogP contribution in [0.3, 0.4) is 0 Å². The second-order valence-electron chi connectivity index (χ2n) is 2.65. The zero-order valence-electron chi connectivity index (χ0n) is 6.84. The molecule has 0 saturated heterocycles. The highest BCUT2D eigenvalue weighted by atomic mass is 79.9. The molecular formula is C9H5Br2ClOS. The van der Waals surface area contributed by atoms with Gasteiger partial charge in [-0.1, -0.05) is 27.5 Å². The number of alkyl halides is 1. The molecule has 14 heavy (non-hydrogen) atoms. The molecule has 0 fully saturated rings. The third kappa shape index (κ3) is 2.08. The molecule has 0 aliphatic heterocycles. The molecule has 0 aliphatic rings. The van der Waals surface area contributed by atoms with Gasteiger partial charge in [0.05, 0.1) is 15.4 Å². The fourth-order valence-electron chi connectivity index (χ4n) is 1.10. The summed E-state index contributed by atoms with van der Waals surface area (Å²) in [7, 11) is 0. The van der Waals surface area contributed by atoms with Gasteiger partial charge in [0, 0.05) is 10.4 Å². The van der Waals surface area contributed by atoms with Gasteiger partial charge in [-0.15, -0.1) is 11.3 Å². The van der Waals surface area contributed by atoms with Crippen LogP contribution in [0.1, 0.15) is 15.3 Å². The Morgan fingerprint density at radius 2 is 2.14 bits per heavy atom. The van der Waals surface area contributed by atoms with E-state index in [-0.39, 0.29) is 4.83 Å². The van der Waals surface area contributed by atoms with Crippen molar-refractivity contribution in [1.82, 2.24) is 0 Å². The molecule has 1 atom stereocenters. The Morgan fingerprint density at radius 1 is 1.36 bits per heavy atom. The van der Waals surface area contributed by atoms with E-state index in [2.05, 4.69) is 31.9 Å². The van der Waals surface area contributed by atoms with Gasteiger partial charge in [0.2, 0.25) is 0 Å². The quantitative estimate of drug-likeness (QED) is 0.671. The first-order valence-corrected chi connectivity index (χ1v) is 6.71. The van der Waals surface area contributed by atoms with Gasteiger partial charge in [0.15, 0.2) is 4.67 Å². The Morgan fingerprint density at radius 3 is 2.64 bits per heavy atom. The van der Waals surface area contributed by atoms with E-state index in [0.29, 0.717) is 0 Å². The van der Waals surface area contributed by atoms with E-state index in [0.717, 1.165) is 19.4 Å². The molecule has 2 heterocycles. The lowest BCUT2D eigenvalue weighted by molar-refractivity contribution is 0.538. The molecule has 74 valence electrons. The predicted octanol–water partition coefficient (Wildman–Crippen LogP) is 5.24. The van der Waals surface area contributed by atoms with Crippen LogP contribution in [0.25, 0.3) is 0 Å². The van der Waals surface area contributed by atoms with Crippen molar-refractivity contribution in [2.75, 3.05) is 0 Å². The molecule has 2 aromatic rings. The normalized spacial score (nSPS) is 13.1. The number of hydrogen-bond donors (Lipinski definition) is 0. The Balaban J connectivity index is 2.33. The Kier molecular flexibility index (Phi) is 3.37. The second kappa shape index (κ2) is 4.39. The fourth-order valence-corrected chi connectivity index (χ4v) is 3.73. The van der Waals surface area contributed by atoms with E-state index < -0.39 is 0 Å². The Hall–Kier alpha value is 0.230. The smallest absolute Gasteiger partial charge is 0.173 e. The molecule has 1 nitrogen and oxygen atoms in total. The molecule has 0 N–H and O–H groups in total. The zero-order valence-corrected chi connectivity index (χ0v) is 11.6. The van der Waals surface area contributed by atoms with Gasteiger partial charge in [-0.25, -0.2) is 0 Å². The topological polar surface area (TPSA) is 13.1 Å². The van der Waals surface area contributed by atoms with Crippen LogP contribution in [0.15, 0.2) is 33.5 Å². The lowest BCUT2D eigenvalue weighted by atomic mass is 10.2. The highest BCUT2D eigenvalue weighted by molar-refractivity contribution is 9.10. The average Bonchev–Trinajstić information content (AvgIpc) is 2.73. The first-order valence-electron chi connectivity index (χ1n) is 3.80. The van der Waals surface area contributed by atoms with E-state index in [1.807, 2.05) is 18.2 Å². The molecular weight excluding hydrogens is 351 g/mol. The van der Waals surface area contributed by atoms with Gasteiger partial charge in [-0.3, -0.25) is 0 Å². The first kappa shape index (κ1) is 10.7. The monoisotopic (exact) mass is 354 g/mol. The van der Waals surface area contributed by atoms with Crippen LogP contribution in [0.4, 0.5) is 0 Å². The summed E-state index contributed by atoms with van der Waals surface area (Å²) in [6, 6.07) is 5.83. The minimum Gasteiger partial charge on any atom is -0.457 e. The Labute approximate surface area is 107 Å². The van der Waals surface area contributed by atoms with Crippen LogP contribution in [-0.4, -0.2) is 0 Å². The summed E-state index contributed by atoms with van der Waals surface area (Å²) in [4.78, 5) is 1.30. The van der Waals surface area contributed by atoms with Crippen molar-refractivity contribution in [1.29, 1.82) is 0 Å². The van der Waals surface area contributed by atoms with Crippen molar-refractivity contribution >= 4 is 54.8 Å². The van der Waals surface area contributed by atoms with E-state index in [1.54, 1.807) is 17.6 Å². The lowest BCUT2D eigenvalue weighted by Crippen LogP contribution is -1.86. The number of rotatable bonds is 2. The number of furan rings is 1. The highest BCUT2D eigenvalue weighted by Gasteiger charge is 2.17. The summed E-state index contributed by atoms with van der Waals surface area (Å²) in [6.45, 7) is 0. The molecule has 0 saturated carbocycles. The zero-order chi connectivity index (χ0) is 10.1. The van der Waals surface area contributed by atoms with Crippen molar-refractivity contribution in [3.05, 3.63) is 43.9 Å². The maximum absolute atomic E-state index is 5.87. The van der Waals surface area contributed by atoms with Crippen LogP contribution in [-0.2, 0) is 0 Å². The van der Waals surface area contributed by atoms with E-state index in [1.165, 1.54) is 0 Å². The van der Waals surface area contributed by atoms with Gasteiger partial charge >= 0.3 is 0 Å². The third-order valence-corrected chi connectivity index (χ3v) is 4.99. The van der Waals surface area contributed by atoms with Crippen molar-refractivity contribution < 1.29 is 4.42 Å². The first-order chi connectivity index (χ1) is 6.68. The molecule has 0 bridgehead atoms. The van der Waals surface area contributed by atoms with Crippen molar-refractivity contribution in [3.63, 3.8) is 0 Å². The van der Waals surface area contributed by atoms with Crippen LogP contribution < -0.4 is 0 Å². The summed E-state index contributed by atoms with van der Waals surface area (Å²) in [6.07, 6.45) is 1.66. The molecule has 0 radical (unpaired) electrons. The molecule has 2 rings (SSSR count). The van der Waals surface area contributed by atoms with Crippen molar-refractivity contribution in [2.45, 2.75) is 4.83 Å². The minimum absolute atomic E-state index is 0.133. The Bertz CT molecular complexity index is 437. The number of hydrogen-bond acceptors (Lipinski definition) is 2. The second-order valence-corrected chi connectivity index (χ2v) is 6.04. The van der Waals surface area contributed by atoms with Crippen LogP contribution in [0.2, 0.25) is 4.34 Å². The standard InChI is InChI=1S/C9H5Br2ClOS/c10-8(5-3-4-13-9(5)11)6-1-2-7(12)14-6/h1-4,8H. The van der Waals surface area contributed by atoms with Crippen LogP contribution in [0.5, 0.6) is 0 Å². The van der Waals surface area contributed by atoms with Gasteiger partial charge in [-0.05, 0) is 34.1 Å². The maximum atomic E-state index is 5.87. The third-order valence-electron chi connectivity index (χ3n) is 1.76. The molecule has 5 heteroatoms. The molecule has 0 aromatic carbocycles.